The van der Waals surface area contributed by atoms with Crippen LogP contribution in [0.25, 0.3) is 0 Å². The van der Waals surface area contributed by atoms with E-state index >= 15 is 0 Å². The minimum absolute atomic E-state index is 0. The number of alkyl halides is 3. The van der Waals surface area contributed by atoms with Gasteiger partial charge < -0.3 is 19.9 Å². The molecule has 0 amide bonds. The molecule has 0 fully saturated rings. The summed E-state index contributed by atoms with van der Waals surface area (Å²) in [5, 5.41) is 13.8. The van der Waals surface area contributed by atoms with Crippen LogP contribution >= 0.6 is 24.0 Å². The van der Waals surface area contributed by atoms with E-state index in [4.69, 9.17) is 4.74 Å². The Hall–Kier alpha value is -2.05. The number of halogens is 4. The van der Waals surface area contributed by atoms with Crippen LogP contribution in [0.4, 0.5) is 13.2 Å². The maximum Gasteiger partial charge on any atom is 0.422 e. The first-order valence-electron chi connectivity index (χ1n) is 8.93. The van der Waals surface area contributed by atoms with Gasteiger partial charge in [-0.15, -0.1) is 34.2 Å². The van der Waals surface area contributed by atoms with E-state index < -0.39 is 12.8 Å². The molecule has 2 rings (SSSR count). The summed E-state index contributed by atoms with van der Waals surface area (Å²) in [5.74, 6) is 0.792. The van der Waals surface area contributed by atoms with Gasteiger partial charge in [0.15, 0.2) is 12.6 Å². The highest BCUT2D eigenvalue weighted by atomic mass is 127. The largest absolute Gasteiger partial charge is 0.484 e. The molecule has 0 radical (unpaired) electrons. The molecule has 0 bridgehead atoms. The Bertz CT molecular complexity index is 753. The fourth-order valence-electron chi connectivity index (χ4n) is 2.47. The van der Waals surface area contributed by atoms with Gasteiger partial charge in [0.05, 0.1) is 0 Å². The lowest BCUT2D eigenvalue weighted by Crippen LogP contribution is -2.37. The molecule has 1 aromatic heterocycles. The first-order valence-corrected chi connectivity index (χ1v) is 8.93. The summed E-state index contributed by atoms with van der Waals surface area (Å²) in [6.45, 7) is 2.34. The van der Waals surface area contributed by atoms with Crippen LogP contribution in [0, 0.1) is 6.92 Å². The van der Waals surface area contributed by atoms with Crippen LogP contribution in [0.3, 0.4) is 0 Å². The van der Waals surface area contributed by atoms with Crippen LogP contribution in [0.1, 0.15) is 24.0 Å². The van der Waals surface area contributed by atoms with Crippen molar-refractivity contribution in [2.24, 2.45) is 4.99 Å². The lowest BCUT2D eigenvalue weighted by atomic mass is 10.1. The first kappa shape index (κ1) is 25.0. The summed E-state index contributed by atoms with van der Waals surface area (Å²) in [6, 6.07) is 5.18. The maximum absolute atomic E-state index is 12.5. The Balaban J connectivity index is 0.00000420. The van der Waals surface area contributed by atoms with E-state index in [1.165, 1.54) is 0 Å². The van der Waals surface area contributed by atoms with Crippen molar-refractivity contribution in [2.45, 2.75) is 39.0 Å². The first-order chi connectivity index (χ1) is 13.4. The number of nitrogens with zero attached hydrogens (tertiary/aromatic N) is 4. The molecule has 11 heteroatoms. The van der Waals surface area contributed by atoms with E-state index in [0.29, 0.717) is 24.6 Å². The number of aromatic nitrogens is 3. The second-order valence-corrected chi connectivity index (χ2v) is 6.27. The van der Waals surface area contributed by atoms with E-state index in [9.17, 15) is 13.2 Å². The molecule has 1 aromatic carbocycles. The third-order valence-corrected chi connectivity index (χ3v) is 3.89. The summed E-state index contributed by atoms with van der Waals surface area (Å²) < 4.78 is 44.2. The molecule has 0 aliphatic heterocycles. The topological polar surface area (TPSA) is 76.4 Å². The molecule has 29 heavy (non-hydrogen) atoms. The van der Waals surface area contributed by atoms with Gasteiger partial charge in [0.1, 0.15) is 18.4 Å². The van der Waals surface area contributed by atoms with Crippen LogP contribution < -0.4 is 15.4 Å². The molecular weight excluding hydrogens is 500 g/mol. The van der Waals surface area contributed by atoms with Crippen molar-refractivity contribution < 1.29 is 17.9 Å². The zero-order valence-corrected chi connectivity index (χ0v) is 18.7. The van der Waals surface area contributed by atoms with Crippen molar-refractivity contribution in [2.75, 3.05) is 20.2 Å². The van der Waals surface area contributed by atoms with Gasteiger partial charge in [0, 0.05) is 32.2 Å². The molecule has 0 atom stereocenters. The average Bonchev–Trinajstić information content (AvgIpc) is 3.16. The van der Waals surface area contributed by atoms with Crippen LogP contribution in [0.2, 0.25) is 0 Å². The molecule has 0 saturated carbocycles. The van der Waals surface area contributed by atoms with Crippen molar-refractivity contribution in [3.63, 3.8) is 0 Å². The Morgan fingerprint density at radius 1 is 1.17 bits per heavy atom. The Morgan fingerprint density at radius 2 is 1.90 bits per heavy atom. The van der Waals surface area contributed by atoms with Gasteiger partial charge in [-0.2, -0.15) is 13.2 Å². The normalized spacial score (nSPS) is 11.7. The quantitative estimate of drug-likeness (QED) is 0.227. The number of hydrogen-bond acceptors (Lipinski definition) is 4. The van der Waals surface area contributed by atoms with E-state index in [2.05, 4.69) is 25.8 Å². The van der Waals surface area contributed by atoms with E-state index in [-0.39, 0.29) is 29.7 Å². The highest BCUT2D eigenvalue weighted by molar-refractivity contribution is 14.0. The standard InChI is InChI=1S/C18H25F3N6O.HI/c1-14-5-6-15(16(9-14)28-11-18(19,20)21)10-24-17(22-2)23-7-3-4-8-27-12-25-26-13-27;/h5-6,9,12-13H,3-4,7-8,10-11H2,1-2H3,(H2,22,23,24);1H. The second-order valence-electron chi connectivity index (χ2n) is 6.27. The number of ether oxygens (including phenoxy) is 1. The number of benzene rings is 1. The second kappa shape index (κ2) is 12.5. The van der Waals surface area contributed by atoms with Gasteiger partial charge in [0.2, 0.25) is 0 Å². The van der Waals surface area contributed by atoms with E-state index in [1.807, 2.05) is 10.6 Å². The molecule has 7 nitrogen and oxygen atoms in total. The minimum Gasteiger partial charge on any atom is -0.484 e. The summed E-state index contributed by atoms with van der Waals surface area (Å²) in [7, 11) is 1.64. The Labute approximate surface area is 185 Å². The summed E-state index contributed by atoms with van der Waals surface area (Å²) in [4.78, 5) is 4.13. The number of unbranched alkanes of at least 4 members (excludes halogenated alkanes) is 1. The van der Waals surface area contributed by atoms with Gasteiger partial charge in [-0.3, -0.25) is 4.99 Å². The van der Waals surface area contributed by atoms with E-state index in [1.54, 1.807) is 38.8 Å². The number of aliphatic imine (C=N–C) groups is 1. The number of nitrogens with one attached hydrogen (secondary N) is 2. The minimum atomic E-state index is -4.38. The average molecular weight is 526 g/mol. The van der Waals surface area contributed by atoms with Crippen LogP contribution in [-0.2, 0) is 13.1 Å². The third kappa shape index (κ3) is 9.81. The highest BCUT2D eigenvalue weighted by Crippen LogP contribution is 2.23. The Kier molecular flexibility index (Phi) is 10.8. The molecular formula is C18H26F3IN6O. The smallest absolute Gasteiger partial charge is 0.422 e. The number of aryl methyl sites for hydroxylation is 2. The SMILES string of the molecule is CN=C(NCCCCn1cnnc1)NCc1ccc(C)cc1OCC(F)(F)F.I. The van der Waals surface area contributed by atoms with Gasteiger partial charge in [-0.05, 0) is 31.4 Å². The lowest BCUT2D eigenvalue weighted by molar-refractivity contribution is -0.153. The van der Waals surface area contributed by atoms with Crippen molar-refractivity contribution >= 4 is 29.9 Å². The molecule has 0 spiro atoms. The van der Waals surface area contributed by atoms with Crippen molar-refractivity contribution in [1.29, 1.82) is 0 Å². The van der Waals surface area contributed by atoms with E-state index in [0.717, 1.165) is 24.9 Å². The molecule has 1 heterocycles. The Morgan fingerprint density at radius 3 is 2.55 bits per heavy atom. The monoisotopic (exact) mass is 526 g/mol. The predicted octanol–water partition coefficient (Wildman–Crippen LogP) is 3.29. The predicted molar refractivity (Wildman–Crippen MR) is 116 cm³/mol. The van der Waals surface area contributed by atoms with Crippen LogP contribution in [-0.4, -0.2) is 47.1 Å². The van der Waals surface area contributed by atoms with Gasteiger partial charge in [-0.1, -0.05) is 12.1 Å². The molecule has 0 aliphatic carbocycles. The highest BCUT2D eigenvalue weighted by Gasteiger charge is 2.28. The number of rotatable bonds is 9. The zero-order chi connectivity index (χ0) is 20.4. The molecule has 2 aromatic rings. The number of guanidine groups is 1. The van der Waals surface area contributed by atoms with Crippen molar-refractivity contribution in [1.82, 2.24) is 25.4 Å². The lowest BCUT2D eigenvalue weighted by Gasteiger charge is -2.16. The van der Waals surface area contributed by atoms with Crippen molar-refractivity contribution in [3.8, 4) is 5.75 Å². The fourth-order valence-corrected chi connectivity index (χ4v) is 2.47. The maximum atomic E-state index is 12.5. The van der Waals surface area contributed by atoms with Gasteiger partial charge >= 0.3 is 6.18 Å². The molecule has 2 N–H and O–H groups in total. The van der Waals surface area contributed by atoms with Crippen LogP contribution in [0.15, 0.2) is 35.8 Å². The molecule has 0 aliphatic rings. The summed E-state index contributed by atoms with van der Waals surface area (Å²) in [5.41, 5.74) is 1.46. The molecule has 162 valence electrons. The summed E-state index contributed by atoms with van der Waals surface area (Å²) in [6.07, 6.45) is 0.847. The van der Waals surface area contributed by atoms with Gasteiger partial charge in [-0.25, -0.2) is 0 Å². The van der Waals surface area contributed by atoms with Gasteiger partial charge in [0.25, 0.3) is 0 Å². The van der Waals surface area contributed by atoms with Crippen LogP contribution in [0.5, 0.6) is 5.75 Å². The fraction of sp³-hybridized carbons (Fsp3) is 0.500. The third-order valence-electron chi connectivity index (χ3n) is 3.89. The molecule has 0 unspecified atom stereocenters. The van der Waals surface area contributed by atoms with Crippen molar-refractivity contribution in [3.05, 3.63) is 42.0 Å². The summed E-state index contributed by atoms with van der Waals surface area (Å²) >= 11 is 0. The molecule has 0 saturated heterocycles. The number of hydrogen-bond donors (Lipinski definition) is 2. The zero-order valence-electron chi connectivity index (χ0n) is 16.4.